The zero-order valence-electron chi connectivity index (χ0n) is 10.2. The second kappa shape index (κ2) is 6.21. The molecule has 19 heavy (non-hydrogen) atoms. The van der Waals surface area contributed by atoms with Gasteiger partial charge in [0.2, 0.25) is 0 Å². The van der Waals surface area contributed by atoms with Gasteiger partial charge >= 0.3 is 0 Å². The topological polar surface area (TPSA) is 17.1 Å². The summed E-state index contributed by atoms with van der Waals surface area (Å²) in [6.07, 6.45) is 0.305. The van der Waals surface area contributed by atoms with E-state index in [4.69, 9.17) is 11.6 Å². The summed E-state index contributed by atoms with van der Waals surface area (Å²) in [5.41, 5.74) is 2.61. The minimum absolute atomic E-state index is 0.0464. The lowest BCUT2D eigenvalue weighted by Gasteiger charge is -2.07. The van der Waals surface area contributed by atoms with Gasteiger partial charge in [-0.1, -0.05) is 55.6 Å². The molecule has 0 bridgehead atoms. The molecule has 0 N–H and O–H groups in total. The van der Waals surface area contributed by atoms with Crippen molar-refractivity contribution >= 4 is 49.2 Å². The van der Waals surface area contributed by atoms with Crippen molar-refractivity contribution < 1.29 is 4.79 Å². The summed E-state index contributed by atoms with van der Waals surface area (Å²) >= 11 is 12.9. The van der Waals surface area contributed by atoms with E-state index >= 15 is 0 Å². The van der Waals surface area contributed by atoms with E-state index < -0.39 is 0 Å². The van der Waals surface area contributed by atoms with Gasteiger partial charge in [-0.2, -0.15) is 0 Å². The molecule has 0 aliphatic heterocycles. The van der Waals surface area contributed by atoms with Crippen LogP contribution in [0.15, 0.2) is 45.3 Å². The molecule has 2 rings (SSSR count). The predicted octanol–water partition coefficient (Wildman–Crippen LogP) is 5.60. The van der Waals surface area contributed by atoms with E-state index in [0.717, 1.165) is 20.1 Å². The van der Waals surface area contributed by atoms with Crippen molar-refractivity contribution in [2.75, 3.05) is 0 Å². The molecule has 0 amide bonds. The maximum absolute atomic E-state index is 12.3. The zero-order chi connectivity index (χ0) is 14.0. The summed E-state index contributed by atoms with van der Waals surface area (Å²) in [5, 5.41) is 0.640. The summed E-state index contributed by atoms with van der Waals surface area (Å²) in [6.45, 7) is 1.97. The number of benzene rings is 2. The summed E-state index contributed by atoms with van der Waals surface area (Å²) in [5.74, 6) is 0.0464. The van der Waals surface area contributed by atoms with Crippen LogP contribution in [0.2, 0.25) is 5.02 Å². The third-order valence-electron chi connectivity index (χ3n) is 2.79. The number of rotatable bonds is 3. The highest BCUT2D eigenvalue weighted by atomic mass is 79.9. The van der Waals surface area contributed by atoms with Crippen LogP contribution in [-0.4, -0.2) is 5.78 Å². The quantitative estimate of drug-likeness (QED) is 0.611. The van der Waals surface area contributed by atoms with Crippen molar-refractivity contribution in [1.29, 1.82) is 0 Å². The highest BCUT2D eigenvalue weighted by molar-refractivity contribution is 9.11. The second-order valence-electron chi connectivity index (χ2n) is 4.32. The van der Waals surface area contributed by atoms with Gasteiger partial charge in [0.05, 0.1) is 0 Å². The Bertz CT molecular complexity index is 638. The van der Waals surface area contributed by atoms with Crippen LogP contribution in [0.4, 0.5) is 0 Å². The molecule has 2 aromatic carbocycles. The summed E-state index contributed by atoms with van der Waals surface area (Å²) < 4.78 is 1.72. The van der Waals surface area contributed by atoms with Crippen LogP contribution in [-0.2, 0) is 6.42 Å². The minimum atomic E-state index is 0.0464. The van der Waals surface area contributed by atoms with Crippen LogP contribution in [0.3, 0.4) is 0 Å². The standard InChI is InChI=1S/C15H11Br2ClO/c1-9-2-3-10(14(18)6-9)7-15(19)12-5-4-11(16)8-13(12)17/h2-6,8H,7H2,1H3. The van der Waals surface area contributed by atoms with Gasteiger partial charge in [-0.15, -0.1) is 0 Å². The van der Waals surface area contributed by atoms with E-state index in [2.05, 4.69) is 31.9 Å². The fourth-order valence-corrected chi connectivity index (χ4v) is 3.35. The van der Waals surface area contributed by atoms with Crippen molar-refractivity contribution in [3.05, 3.63) is 67.1 Å². The summed E-state index contributed by atoms with van der Waals surface area (Å²) in [4.78, 5) is 12.3. The van der Waals surface area contributed by atoms with E-state index in [1.807, 2.05) is 37.3 Å². The maximum Gasteiger partial charge on any atom is 0.168 e. The Morgan fingerprint density at radius 3 is 2.53 bits per heavy atom. The molecule has 0 heterocycles. The van der Waals surface area contributed by atoms with Crippen molar-refractivity contribution in [3.63, 3.8) is 0 Å². The highest BCUT2D eigenvalue weighted by Crippen LogP contribution is 2.25. The molecule has 0 aromatic heterocycles. The summed E-state index contributed by atoms with van der Waals surface area (Å²) in [6, 6.07) is 11.3. The monoisotopic (exact) mass is 400 g/mol. The van der Waals surface area contributed by atoms with E-state index in [-0.39, 0.29) is 5.78 Å². The lowest BCUT2D eigenvalue weighted by Crippen LogP contribution is -2.05. The number of aryl methyl sites for hydroxylation is 1. The van der Waals surface area contributed by atoms with Crippen LogP contribution < -0.4 is 0 Å². The molecule has 98 valence electrons. The van der Waals surface area contributed by atoms with Crippen molar-refractivity contribution in [2.24, 2.45) is 0 Å². The summed E-state index contributed by atoms with van der Waals surface area (Å²) in [7, 11) is 0. The van der Waals surface area contributed by atoms with E-state index in [1.165, 1.54) is 0 Å². The predicted molar refractivity (Wildman–Crippen MR) is 86.1 cm³/mol. The largest absolute Gasteiger partial charge is 0.294 e. The van der Waals surface area contributed by atoms with Gasteiger partial charge in [0.15, 0.2) is 5.78 Å². The number of halogens is 3. The molecule has 0 aliphatic carbocycles. The molecule has 0 fully saturated rings. The molecule has 1 nitrogen and oxygen atoms in total. The van der Waals surface area contributed by atoms with E-state index in [0.29, 0.717) is 17.0 Å². The number of hydrogen-bond donors (Lipinski definition) is 0. The molecular weight excluding hydrogens is 391 g/mol. The fourth-order valence-electron chi connectivity index (χ4n) is 1.78. The average molecular weight is 403 g/mol. The first-order valence-corrected chi connectivity index (χ1v) is 7.67. The molecule has 0 spiro atoms. The number of carbonyl (C=O) groups excluding carboxylic acids is 1. The number of carbonyl (C=O) groups is 1. The van der Waals surface area contributed by atoms with Crippen LogP contribution in [0.1, 0.15) is 21.5 Å². The highest BCUT2D eigenvalue weighted by Gasteiger charge is 2.13. The normalized spacial score (nSPS) is 10.5. The van der Waals surface area contributed by atoms with Gasteiger partial charge < -0.3 is 0 Å². The number of ketones is 1. The first kappa shape index (κ1) is 14.8. The lowest BCUT2D eigenvalue weighted by molar-refractivity contribution is 0.0992. The Morgan fingerprint density at radius 2 is 1.89 bits per heavy atom. The molecule has 0 atom stereocenters. The Kier molecular flexibility index (Phi) is 4.82. The fraction of sp³-hybridized carbons (Fsp3) is 0.133. The lowest BCUT2D eigenvalue weighted by atomic mass is 10.0. The molecule has 0 radical (unpaired) electrons. The van der Waals surface area contributed by atoms with Crippen molar-refractivity contribution in [2.45, 2.75) is 13.3 Å². The van der Waals surface area contributed by atoms with Crippen molar-refractivity contribution in [3.8, 4) is 0 Å². The Labute approximate surface area is 134 Å². The second-order valence-corrected chi connectivity index (χ2v) is 6.50. The Morgan fingerprint density at radius 1 is 1.16 bits per heavy atom. The average Bonchev–Trinajstić information content (AvgIpc) is 2.32. The smallest absolute Gasteiger partial charge is 0.168 e. The Balaban J connectivity index is 2.25. The van der Waals surface area contributed by atoms with Gasteiger partial charge in [0.1, 0.15) is 0 Å². The maximum atomic E-state index is 12.3. The molecule has 0 unspecified atom stereocenters. The number of Topliss-reactive ketones (excluding diaryl/α,β-unsaturated/α-hetero) is 1. The minimum Gasteiger partial charge on any atom is -0.294 e. The third-order valence-corrected chi connectivity index (χ3v) is 4.29. The van der Waals surface area contributed by atoms with Gasteiger partial charge in [-0.3, -0.25) is 4.79 Å². The first-order valence-electron chi connectivity index (χ1n) is 5.70. The molecule has 0 saturated carbocycles. The Hall–Kier alpha value is -0.640. The van der Waals surface area contributed by atoms with Crippen LogP contribution in [0, 0.1) is 6.92 Å². The van der Waals surface area contributed by atoms with Crippen molar-refractivity contribution in [1.82, 2.24) is 0 Å². The van der Waals surface area contributed by atoms with Crippen LogP contribution in [0.5, 0.6) is 0 Å². The van der Waals surface area contributed by atoms with Gasteiger partial charge in [-0.25, -0.2) is 0 Å². The number of hydrogen-bond acceptors (Lipinski definition) is 1. The van der Waals surface area contributed by atoms with Gasteiger partial charge in [-0.05, 0) is 42.3 Å². The molecule has 0 aliphatic rings. The van der Waals surface area contributed by atoms with Crippen LogP contribution in [0.25, 0.3) is 0 Å². The first-order chi connectivity index (χ1) is 8.97. The van der Waals surface area contributed by atoms with Gasteiger partial charge in [0.25, 0.3) is 0 Å². The zero-order valence-corrected chi connectivity index (χ0v) is 14.1. The SMILES string of the molecule is Cc1ccc(CC(=O)c2ccc(Br)cc2Br)c(Cl)c1. The van der Waals surface area contributed by atoms with Gasteiger partial charge in [0, 0.05) is 26.0 Å². The molecule has 0 saturated heterocycles. The third kappa shape index (κ3) is 3.68. The van der Waals surface area contributed by atoms with E-state index in [9.17, 15) is 4.79 Å². The molecule has 2 aromatic rings. The molecule has 4 heteroatoms. The van der Waals surface area contributed by atoms with Crippen LogP contribution >= 0.6 is 43.5 Å². The van der Waals surface area contributed by atoms with E-state index in [1.54, 1.807) is 6.07 Å². The molecular formula is C15H11Br2ClO.